The second-order valence-corrected chi connectivity index (χ2v) is 6.08. The highest BCUT2D eigenvalue weighted by Gasteiger charge is 2.23. The molecule has 25 heavy (non-hydrogen) atoms. The number of hydrogen-bond acceptors (Lipinski definition) is 6. The summed E-state index contributed by atoms with van der Waals surface area (Å²) in [5.41, 5.74) is 2.61. The lowest BCUT2D eigenvalue weighted by molar-refractivity contribution is 0.0933. The van der Waals surface area contributed by atoms with E-state index in [4.69, 9.17) is 9.47 Å². The van der Waals surface area contributed by atoms with E-state index < -0.39 is 0 Å². The van der Waals surface area contributed by atoms with Gasteiger partial charge in [0.2, 0.25) is 5.88 Å². The van der Waals surface area contributed by atoms with Gasteiger partial charge in [0.05, 0.1) is 19.8 Å². The van der Waals surface area contributed by atoms with Gasteiger partial charge in [0.1, 0.15) is 11.9 Å². The predicted octanol–water partition coefficient (Wildman–Crippen LogP) is 1.31. The molecule has 0 saturated carbocycles. The maximum atomic E-state index is 12.7. The first-order valence-corrected chi connectivity index (χ1v) is 8.38. The summed E-state index contributed by atoms with van der Waals surface area (Å²) in [5.74, 6) is 0.817. The smallest absolute Gasteiger partial charge is 0.257 e. The molecule has 8 heteroatoms. The molecule has 2 aromatic rings. The van der Waals surface area contributed by atoms with Gasteiger partial charge in [-0.2, -0.15) is 0 Å². The third kappa shape index (κ3) is 3.63. The summed E-state index contributed by atoms with van der Waals surface area (Å²) >= 11 is 0. The highest BCUT2D eigenvalue weighted by Crippen LogP contribution is 2.27. The maximum absolute atomic E-state index is 12.7. The Hall–Kier alpha value is -2.48. The molecule has 1 N–H and O–H groups in total. The highest BCUT2D eigenvalue weighted by atomic mass is 16.5. The second kappa shape index (κ2) is 7.60. The van der Waals surface area contributed by atoms with Crippen LogP contribution in [0.2, 0.25) is 0 Å². The lowest BCUT2D eigenvalue weighted by Crippen LogP contribution is -2.29. The molecule has 0 spiro atoms. The molecule has 0 saturated heterocycles. The molecule has 8 nitrogen and oxygen atoms in total. The molecule has 0 radical (unpaired) electrons. The van der Waals surface area contributed by atoms with Gasteiger partial charge in [-0.3, -0.25) is 4.79 Å². The number of aryl methyl sites for hydroxylation is 2. The van der Waals surface area contributed by atoms with Crippen molar-refractivity contribution in [2.75, 3.05) is 20.8 Å². The van der Waals surface area contributed by atoms with Gasteiger partial charge in [0.15, 0.2) is 5.82 Å². The Morgan fingerprint density at radius 3 is 3.00 bits per heavy atom. The molecule has 2 aromatic heterocycles. The number of carbonyl (C=O) groups excluding carboxylic acids is 1. The summed E-state index contributed by atoms with van der Waals surface area (Å²) < 4.78 is 12.3. The van der Waals surface area contributed by atoms with Crippen LogP contribution >= 0.6 is 0 Å². The quantitative estimate of drug-likeness (QED) is 0.813. The largest absolute Gasteiger partial charge is 0.480 e. The summed E-state index contributed by atoms with van der Waals surface area (Å²) in [4.78, 5) is 17.2. The average molecular weight is 345 g/mol. The zero-order chi connectivity index (χ0) is 17.8. The Balaban J connectivity index is 1.77. The summed E-state index contributed by atoms with van der Waals surface area (Å²) in [6, 6.07) is 1.59. The molecule has 134 valence electrons. The van der Waals surface area contributed by atoms with E-state index in [2.05, 4.69) is 20.5 Å². The number of methoxy groups -OCH3 is 2. The fraction of sp³-hybridized carbons (Fsp3) is 0.529. The van der Waals surface area contributed by atoms with Gasteiger partial charge in [0.25, 0.3) is 5.91 Å². The number of fused-ring (bicyclic) bond motifs is 1. The van der Waals surface area contributed by atoms with Gasteiger partial charge in [-0.1, -0.05) is 0 Å². The van der Waals surface area contributed by atoms with Crippen LogP contribution in [-0.2, 0) is 24.1 Å². The Labute approximate surface area is 146 Å². The summed E-state index contributed by atoms with van der Waals surface area (Å²) in [6.45, 7) is 3.05. The van der Waals surface area contributed by atoms with Gasteiger partial charge >= 0.3 is 0 Å². The van der Waals surface area contributed by atoms with Gasteiger partial charge in [-0.25, -0.2) is 4.98 Å². The van der Waals surface area contributed by atoms with Crippen LogP contribution in [0.3, 0.4) is 0 Å². The monoisotopic (exact) mass is 345 g/mol. The topological polar surface area (TPSA) is 91.2 Å². The molecule has 1 aliphatic rings. The molecule has 2 heterocycles. The van der Waals surface area contributed by atoms with Crippen LogP contribution in [0.25, 0.3) is 0 Å². The van der Waals surface area contributed by atoms with Crippen molar-refractivity contribution in [3.05, 3.63) is 35.0 Å². The molecule has 3 rings (SSSR count). The molecule has 0 aromatic carbocycles. The number of hydrogen-bond donors (Lipinski definition) is 1. The van der Waals surface area contributed by atoms with Crippen LogP contribution in [0.15, 0.2) is 12.4 Å². The molecule has 1 aliphatic carbocycles. The maximum Gasteiger partial charge on any atom is 0.257 e. The standard InChI is InChI=1S/C17H23N5O3/c1-11(15-21-18-10-22(15)7-8-24-2)19-16(23)13-9-12-5-4-6-14(12)20-17(13)25-3/h9-11H,4-8H2,1-3H3,(H,19,23)/t11-/m0/s1. The highest BCUT2D eigenvalue weighted by molar-refractivity contribution is 5.96. The van der Waals surface area contributed by atoms with Crippen molar-refractivity contribution in [2.45, 2.75) is 38.8 Å². The van der Waals surface area contributed by atoms with E-state index in [0.717, 1.165) is 30.5 Å². The van der Waals surface area contributed by atoms with Crippen molar-refractivity contribution < 1.29 is 14.3 Å². The van der Waals surface area contributed by atoms with Gasteiger partial charge < -0.3 is 19.4 Å². The Morgan fingerprint density at radius 2 is 2.24 bits per heavy atom. The number of nitrogens with one attached hydrogen (secondary N) is 1. The molecule has 0 bridgehead atoms. The van der Waals surface area contributed by atoms with Crippen molar-refractivity contribution in [1.29, 1.82) is 0 Å². The van der Waals surface area contributed by atoms with Crippen LogP contribution in [0.5, 0.6) is 5.88 Å². The number of aromatic nitrogens is 4. The van der Waals surface area contributed by atoms with Gasteiger partial charge in [0, 0.05) is 19.3 Å². The van der Waals surface area contributed by atoms with Gasteiger partial charge in [-0.05, 0) is 37.8 Å². The molecular weight excluding hydrogens is 322 g/mol. The van der Waals surface area contributed by atoms with E-state index in [9.17, 15) is 4.79 Å². The first-order chi connectivity index (χ1) is 12.1. The molecule has 1 atom stereocenters. The van der Waals surface area contributed by atoms with E-state index in [1.807, 2.05) is 17.6 Å². The second-order valence-electron chi connectivity index (χ2n) is 6.08. The molecule has 0 fully saturated rings. The number of rotatable bonds is 7. The fourth-order valence-corrected chi connectivity index (χ4v) is 3.07. The minimum Gasteiger partial charge on any atom is -0.480 e. The molecule has 1 amide bonds. The molecule has 0 aliphatic heterocycles. The lowest BCUT2D eigenvalue weighted by Gasteiger charge is -2.16. The normalized spacial score (nSPS) is 14.2. The summed E-state index contributed by atoms with van der Waals surface area (Å²) in [7, 11) is 3.17. The lowest BCUT2D eigenvalue weighted by atomic mass is 10.1. The van der Waals surface area contributed by atoms with E-state index in [1.165, 1.54) is 7.11 Å². The average Bonchev–Trinajstić information content (AvgIpc) is 3.26. The first-order valence-electron chi connectivity index (χ1n) is 8.38. The van der Waals surface area contributed by atoms with E-state index in [0.29, 0.717) is 30.4 Å². The van der Waals surface area contributed by atoms with Crippen molar-refractivity contribution in [2.24, 2.45) is 0 Å². The Morgan fingerprint density at radius 1 is 1.40 bits per heavy atom. The SMILES string of the molecule is COCCn1cnnc1[C@H](C)NC(=O)c1cc2c(nc1OC)CCC2. The van der Waals surface area contributed by atoms with Crippen molar-refractivity contribution in [1.82, 2.24) is 25.1 Å². The Bertz CT molecular complexity index is 759. The Kier molecular flexibility index (Phi) is 5.28. The molecule has 0 unspecified atom stereocenters. The van der Waals surface area contributed by atoms with E-state index in [-0.39, 0.29) is 11.9 Å². The van der Waals surface area contributed by atoms with Crippen molar-refractivity contribution >= 4 is 5.91 Å². The minimum atomic E-state index is -0.301. The first kappa shape index (κ1) is 17.3. The van der Waals surface area contributed by atoms with E-state index in [1.54, 1.807) is 13.4 Å². The van der Waals surface area contributed by atoms with Crippen LogP contribution in [0, 0.1) is 0 Å². The van der Waals surface area contributed by atoms with Gasteiger partial charge in [-0.15, -0.1) is 10.2 Å². The van der Waals surface area contributed by atoms with Crippen LogP contribution in [0.4, 0.5) is 0 Å². The van der Waals surface area contributed by atoms with Crippen LogP contribution in [0.1, 0.15) is 46.8 Å². The fourth-order valence-electron chi connectivity index (χ4n) is 3.07. The third-order valence-electron chi connectivity index (χ3n) is 4.37. The number of amides is 1. The molecular formula is C17H23N5O3. The zero-order valence-electron chi connectivity index (χ0n) is 14.8. The van der Waals surface area contributed by atoms with Crippen LogP contribution in [-0.4, -0.2) is 46.5 Å². The number of ether oxygens (including phenoxy) is 2. The number of carbonyl (C=O) groups is 1. The predicted molar refractivity (Wildman–Crippen MR) is 90.6 cm³/mol. The summed E-state index contributed by atoms with van der Waals surface area (Å²) in [6.07, 6.45) is 4.59. The number of nitrogens with zero attached hydrogens (tertiary/aromatic N) is 4. The zero-order valence-corrected chi connectivity index (χ0v) is 14.8. The number of pyridine rings is 1. The van der Waals surface area contributed by atoms with Crippen molar-refractivity contribution in [3.63, 3.8) is 0 Å². The third-order valence-corrected chi connectivity index (χ3v) is 4.37. The minimum absolute atomic E-state index is 0.229. The van der Waals surface area contributed by atoms with Crippen molar-refractivity contribution in [3.8, 4) is 5.88 Å². The summed E-state index contributed by atoms with van der Waals surface area (Å²) in [5, 5.41) is 11.0. The van der Waals surface area contributed by atoms with Crippen LogP contribution < -0.4 is 10.1 Å². The van der Waals surface area contributed by atoms with E-state index >= 15 is 0 Å².